The monoisotopic (exact) mass is 291 g/mol. The van der Waals surface area contributed by atoms with Crippen LogP contribution in [0.4, 0.5) is 0 Å². The fourth-order valence-electron chi connectivity index (χ4n) is 2.13. The molecule has 1 heterocycles. The van der Waals surface area contributed by atoms with E-state index in [0.717, 1.165) is 25.3 Å². The summed E-state index contributed by atoms with van der Waals surface area (Å²) in [4.78, 5) is 6.80. The predicted molar refractivity (Wildman–Crippen MR) is 85.8 cm³/mol. The first-order valence-electron chi connectivity index (χ1n) is 6.66. The number of aryl methyl sites for hydroxylation is 1. The summed E-state index contributed by atoms with van der Waals surface area (Å²) < 4.78 is 0. The Hall–Kier alpha value is -1.42. The molecule has 0 fully saturated rings. The predicted octanol–water partition coefficient (Wildman–Crippen LogP) is 2.77. The highest BCUT2D eigenvalue weighted by molar-refractivity contribution is 5.85. The Morgan fingerprint density at radius 3 is 2.45 bits per heavy atom. The third kappa shape index (κ3) is 4.93. The number of hydrogen-bond acceptors (Lipinski definition) is 3. The van der Waals surface area contributed by atoms with Gasteiger partial charge in [0.05, 0.1) is 5.69 Å². The summed E-state index contributed by atoms with van der Waals surface area (Å²) in [6.07, 6.45) is 1.85. The van der Waals surface area contributed by atoms with E-state index >= 15 is 0 Å². The number of aromatic nitrogens is 1. The van der Waals surface area contributed by atoms with Gasteiger partial charge in [0, 0.05) is 32.4 Å². The Labute approximate surface area is 127 Å². The maximum absolute atomic E-state index is 5.71. The molecule has 2 rings (SSSR count). The molecule has 3 nitrogen and oxygen atoms in total. The first-order valence-corrected chi connectivity index (χ1v) is 6.66. The Balaban J connectivity index is 0.00000200. The normalized spacial score (nSPS) is 10.3. The molecule has 2 N–H and O–H groups in total. The average Bonchev–Trinajstić information content (AvgIpc) is 2.43. The minimum absolute atomic E-state index is 0. The fourth-order valence-corrected chi connectivity index (χ4v) is 2.13. The highest BCUT2D eigenvalue weighted by atomic mass is 35.5. The summed E-state index contributed by atoms with van der Waals surface area (Å²) in [7, 11) is 0. The minimum atomic E-state index is 0. The number of pyridine rings is 1. The summed E-state index contributed by atoms with van der Waals surface area (Å²) in [6.45, 7) is 5.40. The van der Waals surface area contributed by atoms with Crippen LogP contribution < -0.4 is 5.73 Å². The quantitative estimate of drug-likeness (QED) is 0.890. The van der Waals surface area contributed by atoms with E-state index < -0.39 is 0 Å². The van der Waals surface area contributed by atoms with Crippen molar-refractivity contribution < 1.29 is 0 Å². The number of halogens is 1. The van der Waals surface area contributed by atoms with Crippen LogP contribution in [0, 0.1) is 6.92 Å². The lowest BCUT2D eigenvalue weighted by Gasteiger charge is -2.22. The van der Waals surface area contributed by atoms with E-state index in [1.54, 1.807) is 0 Å². The second kappa shape index (κ2) is 8.69. The topological polar surface area (TPSA) is 42.2 Å². The highest BCUT2D eigenvalue weighted by Crippen LogP contribution is 2.10. The van der Waals surface area contributed by atoms with E-state index in [1.807, 2.05) is 18.3 Å². The largest absolute Gasteiger partial charge is 0.329 e. The van der Waals surface area contributed by atoms with Gasteiger partial charge in [-0.25, -0.2) is 0 Å². The van der Waals surface area contributed by atoms with Crippen LogP contribution in [0.15, 0.2) is 48.7 Å². The summed E-state index contributed by atoms with van der Waals surface area (Å²) in [6, 6.07) is 14.6. The van der Waals surface area contributed by atoms with E-state index in [1.165, 1.54) is 11.1 Å². The second-order valence-electron chi connectivity index (χ2n) is 4.75. The maximum Gasteiger partial charge on any atom is 0.0573 e. The van der Waals surface area contributed by atoms with E-state index in [9.17, 15) is 0 Å². The van der Waals surface area contributed by atoms with Crippen molar-refractivity contribution in [1.29, 1.82) is 0 Å². The van der Waals surface area contributed by atoms with Crippen molar-refractivity contribution in [3.63, 3.8) is 0 Å². The van der Waals surface area contributed by atoms with Gasteiger partial charge in [0.15, 0.2) is 0 Å². The molecule has 0 saturated carbocycles. The van der Waals surface area contributed by atoms with Gasteiger partial charge in [0.25, 0.3) is 0 Å². The Bertz CT molecular complexity index is 502. The van der Waals surface area contributed by atoms with Gasteiger partial charge in [0.2, 0.25) is 0 Å². The number of nitrogens with zero attached hydrogens (tertiary/aromatic N) is 2. The molecule has 0 aliphatic heterocycles. The van der Waals surface area contributed by atoms with Crippen molar-refractivity contribution in [2.24, 2.45) is 5.73 Å². The molecule has 2 aromatic rings. The van der Waals surface area contributed by atoms with Crippen molar-refractivity contribution in [3.8, 4) is 0 Å². The Morgan fingerprint density at radius 2 is 1.80 bits per heavy atom. The fraction of sp³-hybridized carbons (Fsp3) is 0.312. The van der Waals surface area contributed by atoms with E-state index in [2.05, 4.69) is 47.1 Å². The van der Waals surface area contributed by atoms with Crippen LogP contribution in [0.25, 0.3) is 0 Å². The van der Waals surface area contributed by atoms with Crippen molar-refractivity contribution in [2.45, 2.75) is 20.0 Å². The third-order valence-corrected chi connectivity index (χ3v) is 3.19. The van der Waals surface area contributed by atoms with E-state index in [-0.39, 0.29) is 12.4 Å². The summed E-state index contributed by atoms with van der Waals surface area (Å²) in [5.41, 5.74) is 9.39. The molecular formula is C16H22ClN3. The zero-order valence-electron chi connectivity index (χ0n) is 11.8. The summed E-state index contributed by atoms with van der Waals surface area (Å²) in [5.74, 6) is 0. The smallest absolute Gasteiger partial charge is 0.0573 e. The first-order chi connectivity index (χ1) is 9.29. The lowest BCUT2D eigenvalue weighted by molar-refractivity contribution is 0.260. The number of hydrogen-bond donors (Lipinski definition) is 1. The van der Waals surface area contributed by atoms with E-state index in [4.69, 9.17) is 5.73 Å². The van der Waals surface area contributed by atoms with Gasteiger partial charge < -0.3 is 5.73 Å². The zero-order valence-corrected chi connectivity index (χ0v) is 12.6. The maximum atomic E-state index is 5.71. The van der Waals surface area contributed by atoms with Crippen LogP contribution in [0.5, 0.6) is 0 Å². The molecule has 4 heteroatoms. The van der Waals surface area contributed by atoms with Crippen molar-refractivity contribution in [2.75, 3.05) is 13.1 Å². The molecule has 0 aliphatic rings. The molecule has 0 bridgehead atoms. The van der Waals surface area contributed by atoms with Gasteiger partial charge in [-0.05, 0) is 24.1 Å². The molecule has 0 aliphatic carbocycles. The lowest BCUT2D eigenvalue weighted by atomic mass is 10.1. The van der Waals surface area contributed by atoms with Crippen LogP contribution in [-0.4, -0.2) is 23.0 Å². The SMILES string of the molecule is Cc1cccnc1CN(CCN)Cc1ccccc1.Cl. The van der Waals surface area contributed by atoms with Gasteiger partial charge in [0.1, 0.15) is 0 Å². The van der Waals surface area contributed by atoms with Gasteiger partial charge >= 0.3 is 0 Å². The Morgan fingerprint density at radius 1 is 1.05 bits per heavy atom. The van der Waals surface area contributed by atoms with Gasteiger partial charge in [-0.1, -0.05) is 36.4 Å². The lowest BCUT2D eigenvalue weighted by Crippen LogP contribution is -2.29. The van der Waals surface area contributed by atoms with Crippen LogP contribution in [-0.2, 0) is 13.1 Å². The van der Waals surface area contributed by atoms with Crippen LogP contribution >= 0.6 is 12.4 Å². The number of benzene rings is 1. The van der Waals surface area contributed by atoms with Gasteiger partial charge in [-0.2, -0.15) is 0 Å². The summed E-state index contributed by atoms with van der Waals surface area (Å²) in [5, 5.41) is 0. The molecule has 108 valence electrons. The zero-order chi connectivity index (χ0) is 13.5. The number of rotatable bonds is 6. The molecule has 20 heavy (non-hydrogen) atoms. The molecule has 1 aromatic heterocycles. The highest BCUT2D eigenvalue weighted by Gasteiger charge is 2.08. The van der Waals surface area contributed by atoms with Crippen molar-refractivity contribution in [1.82, 2.24) is 9.88 Å². The molecule has 0 unspecified atom stereocenters. The molecule has 0 atom stereocenters. The minimum Gasteiger partial charge on any atom is -0.329 e. The standard InChI is InChI=1S/C16H21N3.ClH/c1-14-6-5-10-18-16(14)13-19(11-9-17)12-15-7-3-2-4-8-15;/h2-8,10H,9,11-13,17H2,1H3;1H. The van der Waals surface area contributed by atoms with Crippen LogP contribution in [0.1, 0.15) is 16.8 Å². The Kier molecular flexibility index (Phi) is 7.23. The van der Waals surface area contributed by atoms with Crippen molar-refractivity contribution in [3.05, 3.63) is 65.5 Å². The first kappa shape index (κ1) is 16.6. The summed E-state index contributed by atoms with van der Waals surface area (Å²) >= 11 is 0. The number of nitrogens with two attached hydrogens (primary N) is 1. The molecule has 1 aromatic carbocycles. The van der Waals surface area contributed by atoms with Gasteiger partial charge in [-0.15, -0.1) is 12.4 Å². The van der Waals surface area contributed by atoms with Crippen LogP contribution in [0.3, 0.4) is 0 Å². The van der Waals surface area contributed by atoms with Crippen molar-refractivity contribution >= 4 is 12.4 Å². The molecule has 0 saturated heterocycles. The molecule has 0 amide bonds. The molecule has 0 spiro atoms. The second-order valence-corrected chi connectivity index (χ2v) is 4.75. The third-order valence-electron chi connectivity index (χ3n) is 3.19. The molecular weight excluding hydrogens is 270 g/mol. The molecule has 0 radical (unpaired) electrons. The van der Waals surface area contributed by atoms with Gasteiger partial charge in [-0.3, -0.25) is 9.88 Å². The van der Waals surface area contributed by atoms with E-state index in [0.29, 0.717) is 6.54 Å². The average molecular weight is 292 g/mol. The van der Waals surface area contributed by atoms with Crippen LogP contribution in [0.2, 0.25) is 0 Å².